The third kappa shape index (κ3) is 50.0. The number of rotatable bonds is 48. The van der Waals surface area contributed by atoms with Gasteiger partial charge in [0.05, 0.1) is 0 Å². The van der Waals surface area contributed by atoms with Crippen LogP contribution in [0.15, 0.2) is 60.8 Å². The predicted molar refractivity (Wildman–Crippen MR) is 270 cm³/mol. The zero-order valence-corrected chi connectivity index (χ0v) is 41.6. The van der Waals surface area contributed by atoms with Gasteiger partial charge in [0.25, 0.3) is 0 Å². The quantitative estimate of drug-likeness (QED) is 0.0262. The fourth-order valence-electron chi connectivity index (χ4n) is 7.53. The van der Waals surface area contributed by atoms with E-state index in [0.29, 0.717) is 19.3 Å². The Hall–Kier alpha value is -2.89. The summed E-state index contributed by atoms with van der Waals surface area (Å²) in [6.07, 6.45) is 63.6. The van der Waals surface area contributed by atoms with E-state index >= 15 is 0 Å². The molecule has 1 atom stereocenters. The van der Waals surface area contributed by atoms with E-state index in [4.69, 9.17) is 14.2 Å². The second kappa shape index (κ2) is 51.7. The first-order chi connectivity index (χ1) is 31.0. The van der Waals surface area contributed by atoms with Crippen LogP contribution in [-0.2, 0) is 28.6 Å². The lowest BCUT2D eigenvalue weighted by Crippen LogP contribution is -2.30. The van der Waals surface area contributed by atoms with Crippen LogP contribution in [0.25, 0.3) is 0 Å². The van der Waals surface area contributed by atoms with Gasteiger partial charge >= 0.3 is 17.9 Å². The topological polar surface area (TPSA) is 78.9 Å². The normalized spacial score (nSPS) is 12.5. The first-order valence-electron chi connectivity index (χ1n) is 26.8. The molecule has 0 amide bonds. The molecular formula is C57H100O6. The maximum atomic E-state index is 12.8. The predicted octanol–water partition coefficient (Wildman–Crippen LogP) is 17.6. The number of allylic oxidation sites excluding steroid dienone is 10. The summed E-state index contributed by atoms with van der Waals surface area (Å²) in [7, 11) is 0. The van der Waals surface area contributed by atoms with E-state index in [1.807, 2.05) is 0 Å². The van der Waals surface area contributed by atoms with Gasteiger partial charge in [-0.1, -0.05) is 242 Å². The van der Waals surface area contributed by atoms with Gasteiger partial charge in [-0.25, -0.2) is 0 Å². The van der Waals surface area contributed by atoms with Gasteiger partial charge in [0.2, 0.25) is 0 Å². The highest BCUT2D eigenvalue weighted by Gasteiger charge is 2.19. The number of esters is 3. The number of ether oxygens (including phenoxy) is 3. The average molecular weight is 881 g/mol. The van der Waals surface area contributed by atoms with E-state index in [2.05, 4.69) is 81.5 Å². The molecule has 0 saturated carbocycles. The van der Waals surface area contributed by atoms with Crippen LogP contribution in [-0.4, -0.2) is 37.2 Å². The summed E-state index contributed by atoms with van der Waals surface area (Å²) < 4.78 is 16.7. The molecule has 63 heavy (non-hydrogen) atoms. The summed E-state index contributed by atoms with van der Waals surface area (Å²) in [5, 5.41) is 0. The number of carbonyl (C=O) groups is 3. The molecule has 0 aromatic rings. The molecule has 0 N–H and O–H groups in total. The van der Waals surface area contributed by atoms with Gasteiger partial charge in [0.15, 0.2) is 6.10 Å². The van der Waals surface area contributed by atoms with Crippen LogP contribution in [0.1, 0.15) is 265 Å². The highest BCUT2D eigenvalue weighted by Crippen LogP contribution is 2.16. The highest BCUT2D eigenvalue weighted by atomic mass is 16.6. The van der Waals surface area contributed by atoms with E-state index in [-0.39, 0.29) is 31.1 Å². The third-order valence-corrected chi connectivity index (χ3v) is 11.5. The van der Waals surface area contributed by atoms with Crippen molar-refractivity contribution < 1.29 is 28.6 Å². The molecule has 0 aliphatic carbocycles. The molecule has 0 aliphatic heterocycles. The third-order valence-electron chi connectivity index (χ3n) is 11.5. The largest absolute Gasteiger partial charge is 0.462 e. The van der Waals surface area contributed by atoms with Gasteiger partial charge in [-0.3, -0.25) is 14.4 Å². The van der Waals surface area contributed by atoms with Crippen LogP contribution >= 0.6 is 0 Å². The highest BCUT2D eigenvalue weighted by molar-refractivity contribution is 5.71. The van der Waals surface area contributed by atoms with Gasteiger partial charge in [-0.2, -0.15) is 0 Å². The lowest BCUT2D eigenvalue weighted by atomic mass is 10.0. The monoisotopic (exact) mass is 881 g/mol. The van der Waals surface area contributed by atoms with Crippen molar-refractivity contribution >= 4 is 17.9 Å². The van der Waals surface area contributed by atoms with E-state index in [9.17, 15) is 14.4 Å². The lowest BCUT2D eigenvalue weighted by molar-refractivity contribution is -0.167. The van der Waals surface area contributed by atoms with Crippen LogP contribution in [0, 0.1) is 0 Å². The van der Waals surface area contributed by atoms with Gasteiger partial charge in [0.1, 0.15) is 13.2 Å². The summed E-state index contributed by atoms with van der Waals surface area (Å²) in [5.41, 5.74) is 0. The summed E-state index contributed by atoms with van der Waals surface area (Å²) in [6.45, 7) is 6.49. The minimum atomic E-state index is -0.773. The first-order valence-corrected chi connectivity index (χ1v) is 26.8. The molecule has 364 valence electrons. The Labute approximate surface area is 390 Å². The molecule has 0 aromatic carbocycles. The molecule has 6 heteroatoms. The zero-order valence-electron chi connectivity index (χ0n) is 41.6. The van der Waals surface area contributed by atoms with Crippen LogP contribution in [0.5, 0.6) is 0 Å². The van der Waals surface area contributed by atoms with E-state index in [1.54, 1.807) is 0 Å². The summed E-state index contributed by atoms with van der Waals surface area (Å²) >= 11 is 0. The van der Waals surface area contributed by atoms with Gasteiger partial charge in [0, 0.05) is 19.3 Å². The number of hydrogen-bond acceptors (Lipinski definition) is 6. The minimum Gasteiger partial charge on any atom is -0.462 e. The summed E-state index contributed by atoms with van der Waals surface area (Å²) in [5.74, 6) is -0.885. The molecule has 0 spiro atoms. The number of hydrogen-bond donors (Lipinski definition) is 0. The maximum absolute atomic E-state index is 12.8. The van der Waals surface area contributed by atoms with Gasteiger partial charge in [-0.15, -0.1) is 0 Å². The fraction of sp³-hybridized carbons (Fsp3) is 0.772. The minimum absolute atomic E-state index is 0.0751. The van der Waals surface area contributed by atoms with Gasteiger partial charge in [-0.05, 0) is 64.2 Å². The summed E-state index contributed by atoms with van der Waals surface area (Å²) in [6, 6.07) is 0. The molecular weight excluding hydrogens is 781 g/mol. The standard InChI is InChI=1S/C57H100O6/c1-4-7-10-13-16-18-20-22-24-25-26-27-28-29-30-31-33-34-36-38-41-44-47-50-56(59)62-53-54(52-61-55(58)49-46-43-40-15-12-9-6-3)63-57(60)51-48-45-42-39-37-35-32-23-21-19-17-14-11-8-5-2/h7,10,16,18,22,24,26-27,29-30,54H,4-6,8-9,11-15,17,19-21,23,25,28,31-53H2,1-3H3/b10-7-,18-16-,24-22-,27-26-,30-29-. The number of carbonyl (C=O) groups excluding carboxylic acids is 3. The fourth-order valence-corrected chi connectivity index (χ4v) is 7.53. The van der Waals surface area contributed by atoms with Crippen molar-refractivity contribution in [3.8, 4) is 0 Å². The lowest BCUT2D eigenvalue weighted by Gasteiger charge is -2.18. The molecule has 0 aromatic heterocycles. The zero-order chi connectivity index (χ0) is 45.8. The molecule has 0 fully saturated rings. The Morgan fingerprint density at radius 2 is 0.619 bits per heavy atom. The molecule has 6 nitrogen and oxygen atoms in total. The number of unbranched alkanes of at least 4 members (excludes halogenated alkanes) is 27. The maximum Gasteiger partial charge on any atom is 0.306 e. The van der Waals surface area contributed by atoms with Crippen molar-refractivity contribution in [1.29, 1.82) is 0 Å². The Balaban J connectivity index is 4.22. The van der Waals surface area contributed by atoms with Crippen molar-refractivity contribution in [2.75, 3.05) is 13.2 Å². The summed E-state index contributed by atoms with van der Waals surface area (Å²) in [4.78, 5) is 37.8. The van der Waals surface area contributed by atoms with Crippen molar-refractivity contribution in [2.24, 2.45) is 0 Å². The van der Waals surface area contributed by atoms with Crippen molar-refractivity contribution in [3.05, 3.63) is 60.8 Å². The Kier molecular flexibility index (Phi) is 49.4. The average Bonchev–Trinajstić information content (AvgIpc) is 3.28. The van der Waals surface area contributed by atoms with E-state index < -0.39 is 6.10 Å². The molecule has 0 radical (unpaired) electrons. The van der Waals surface area contributed by atoms with Crippen LogP contribution in [0.3, 0.4) is 0 Å². The molecule has 0 bridgehead atoms. The van der Waals surface area contributed by atoms with Crippen LogP contribution < -0.4 is 0 Å². The molecule has 0 saturated heterocycles. The first kappa shape index (κ1) is 60.1. The SMILES string of the molecule is CC/C=C\C/C=C\C/C=C\C/C=C\C/C=C\CCCCCCCCCC(=O)OCC(COC(=O)CCCCCCCCC)OC(=O)CCCCCCCCCCCCCCCCC. The molecule has 0 heterocycles. The molecule has 1 unspecified atom stereocenters. The van der Waals surface area contributed by atoms with Crippen molar-refractivity contribution in [2.45, 2.75) is 271 Å². The smallest absolute Gasteiger partial charge is 0.306 e. The Bertz CT molecular complexity index is 1150. The second-order valence-electron chi connectivity index (χ2n) is 17.8. The van der Waals surface area contributed by atoms with E-state index in [0.717, 1.165) is 96.3 Å². The molecule has 0 aliphatic rings. The van der Waals surface area contributed by atoms with Crippen molar-refractivity contribution in [3.63, 3.8) is 0 Å². The Morgan fingerprint density at radius 1 is 0.333 bits per heavy atom. The van der Waals surface area contributed by atoms with Gasteiger partial charge < -0.3 is 14.2 Å². The van der Waals surface area contributed by atoms with Crippen molar-refractivity contribution in [1.82, 2.24) is 0 Å². The molecule has 0 rings (SSSR count). The second-order valence-corrected chi connectivity index (χ2v) is 17.8. The van der Waals surface area contributed by atoms with Crippen LogP contribution in [0.4, 0.5) is 0 Å². The van der Waals surface area contributed by atoms with Crippen LogP contribution in [0.2, 0.25) is 0 Å². The van der Waals surface area contributed by atoms with E-state index in [1.165, 1.54) is 128 Å². The Morgan fingerprint density at radius 3 is 0.968 bits per heavy atom.